The first-order chi connectivity index (χ1) is 12.1. The van der Waals surface area contributed by atoms with Crippen LogP contribution in [0.5, 0.6) is 0 Å². The van der Waals surface area contributed by atoms with E-state index in [0.29, 0.717) is 13.1 Å². The molecule has 1 aliphatic carbocycles. The maximum atomic E-state index is 12.1. The Labute approximate surface area is 151 Å². The van der Waals surface area contributed by atoms with Crippen molar-refractivity contribution in [2.75, 3.05) is 27.2 Å². The summed E-state index contributed by atoms with van der Waals surface area (Å²) in [4.78, 5) is 18.6. The van der Waals surface area contributed by atoms with E-state index in [0.717, 1.165) is 25.3 Å². The monoisotopic (exact) mass is 344 g/mol. The van der Waals surface area contributed by atoms with Crippen LogP contribution in [0.3, 0.4) is 0 Å². The summed E-state index contributed by atoms with van der Waals surface area (Å²) >= 11 is 0. The van der Waals surface area contributed by atoms with E-state index in [1.54, 1.807) is 7.05 Å². The second-order valence-corrected chi connectivity index (χ2v) is 6.88. The summed E-state index contributed by atoms with van der Waals surface area (Å²) in [5.41, 5.74) is 2.57. The molecule has 0 aromatic heterocycles. The lowest BCUT2D eigenvalue weighted by atomic mass is 9.89. The minimum absolute atomic E-state index is 0.213. The van der Waals surface area contributed by atoms with Crippen LogP contribution in [0.1, 0.15) is 43.2 Å². The van der Waals surface area contributed by atoms with E-state index in [4.69, 9.17) is 0 Å². The maximum absolute atomic E-state index is 12.1. The van der Waals surface area contributed by atoms with Crippen molar-refractivity contribution >= 4 is 11.9 Å². The van der Waals surface area contributed by atoms with Crippen molar-refractivity contribution in [3.05, 3.63) is 35.4 Å². The van der Waals surface area contributed by atoms with Crippen LogP contribution in [-0.2, 0) is 11.3 Å². The van der Waals surface area contributed by atoms with E-state index >= 15 is 0 Å². The van der Waals surface area contributed by atoms with Crippen LogP contribution in [0.2, 0.25) is 0 Å². The Balaban J connectivity index is 1.72. The van der Waals surface area contributed by atoms with Crippen LogP contribution in [0, 0.1) is 12.8 Å². The van der Waals surface area contributed by atoms with Gasteiger partial charge >= 0.3 is 0 Å². The molecule has 1 saturated carbocycles. The fraction of sp³-hybridized carbons (Fsp3) is 0.600. The van der Waals surface area contributed by atoms with Gasteiger partial charge < -0.3 is 15.5 Å². The lowest BCUT2D eigenvalue weighted by Gasteiger charge is -2.24. The van der Waals surface area contributed by atoms with Gasteiger partial charge in [-0.25, -0.2) is 0 Å². The van der Waals surface area contributed by atoms with Gasteiger partial charge in [0.25, 0.3) is 0 Å². The number of benzene rings is 1. The summed E-state index contributed by atoms with van der Waals surface area (Å²) in [5, 5.41) is 6.38. The predicted octanol–water partition coefficient (Wildman–Crippen LogP) is 2.70. The second kappa shape index (κ2) is 10.1. The van der Waals surface area contributed by atoms with Crippen molar-refractivity contribution in [3.8, 4) is 0 Å². The smallest absolute Gasteiger partial charge is 0.223 e. The third kappa shape index (κ3) is 6.07. The molecule has 138 valence electrons. The number of hydrogen-bond acceptors (Lipinski definition) is 2. The van der Waals surface area contributed by atoms with Crippen molar-refractivity contribution in [1.29, 1.82) is 0 Å². The summed E-state index contributed by atoms with van der Waals surface area (Å²) in [7, 11) is 3.82. The fourth-order valence-corrected chi connectivity index (χ4v) is 3.37. The number of hydrogen-bond donors (Lipinski definition) is 2. The molecule has 0 atom stereocenters. The van der Waals surface area contributed by atoms with Crippen LogP contribution >= 0.6 is 0 Å². The molecule has 1 amide bonds. The first kappa shape index (κ1) is 19.3. The molecule has 0 aliphatic heterocycles. The average molecular weight is 345 g/mol. The van der Waals surface area contributed by atoms with Crippen molar-refractivity contribution < 1.29 is 4.79 Å². The zero-order chi connectivity index (χ0) is 18.1. The van der Waals surface area contributed by atoms with Crippen LogP contribution < -0.4 is 10.6 Å². The third-order valence-electron chi connectivity index (χ3n) is 4.93. The highest BCUT2D eigenvalue weighted by Crippen LogP contribution is 2.23. The van der Waals surface area contributed by atoms with Gasteiger partial charge in [0.1, 0.15) is 0 Å². The molecular weight excluding hydrogens is 312 g/mol. The standard InChI is InChI=1S/C20H32N4O/c1-16-9-7-8-12-18(16)15-24(3)20(21-2)23-14-13-22-19(25)17-10-5-4-6-11-17/h7-9,12,17H,4-6,10-11,13-15H2,1-3H3,(H,21,23)(H,22,25). The molecule has 1 aromatic carbocycles. The fourth-order valence-electron chi connectivity index (χ4n) is 3.37. The second-order valence-electron chi connectivity index (χ2n) is 6.88. The molecule has 0 heterocycles. The van der Waals surface area contributed by atoms with Crippen LogP contribution in [-0.4, -0.2) is 44.0 Å². The number of rotatable bonds is 6. The van der Waals surface area contributed by atoms with E-state index in [1.807, 2.05) is 7.05 Å². The lowest BCUT2D eigenvalue weighted by molar-refractivity contribution is -0.125. The first-order valence-corrected chi connectivity index (χ1v) is 9.36. The van der Waals surface area contributed by atoms with Gasteiger partial charge in [0.15, 0.2) is 5.96 Å². The SMILES string of the molecule is CN=C(NCCNC(=O)C1CCCCC1)N(C)Cc1ccccc1C. The summed E-state index contributed by atoms with van der Waals surface area (Å²) in [5.74, 6) is 1.27. The Hall–Kier alpha value is -2.04. The molecule has 0 bridgehead atoms. The van der Waals surface area contributed by atoms with Gasteiger partial charge in [-0.3, -0.25) is 9.79 Å². The predicted molar refractivity (Wildman–Crippen MR) is 104 cm³/mol. The number of carbonyl (C=O) groups is 1. The number of aryl methyl sites for hydroxylation is 1. The highest BCUT2D eigenvalue weighted by molar-refractivity contribution is 5.80. The van der Waals surface area contributed by atoms with E-state index in [1.165, 1.54) is 30.4 Å². The Morgan fingerprint density at radius 1 is 1.16 bits per heavy atom. The molecule has 0 spiro atoms. The topological polar surface area (TPSA) is 56.7 Å². The largest absolute Gasteiger partial charge is 0.354 e. The van der Waals surface area contributed by atoms with Crippen LogP contribution in [0.4, 0.5) is 0 Å². The number of amides is 1. The Bertz CT molecular complexity index is 579. The Kier molecular flexibility index (Phi) is 7.76. The summed E-state index contributed by atoms with van der Waals surface area (Å²) in [6.45, 7) is 4.25. The molecule has 0 unspecified atom stereocenters. The molecule has 1 aromatic rings. The Morgan fingerprint density at radius 3 is 2.52 bits per heavy atom. The van der Waals surface area contributed by atoms with Crippen molar-refractivity contribution in [2.45, 2.75) is 45.6 Å². The quantitative estimate of drug-likeness (QED) is 0.474. The lowest BCUT2D eigenvalue weighted by Crippen LogP contribution is -2.43. The van der Waals surface area contributed by atoms with E-state index in [9.17, 15) is 4.79 Å². The molecule has 5 nitrogen and oxygen atoms in total. The molecule has 0 saturated heterocycles. The van der Waals surface area contributed by atoms with Gasteiger partial charge in [-0.1, -0.05) is 43.5 Å². The van der Waals surface area contributed by atoms with Crippen molar-refractivity contribution in [1.82, 2.24) is 15.5 Å². The molecule has 0 radical (unpaired) electrons. The number of nitrogens with one attached hydrogen (secondary N) is 2. The summed E-state index contributed by atoms with van der Waals surface area (Å²) in [6, 6.07) is 8.39. The summed E-state index contributed by atoms with van der Waals surface area (Å²) in [6.07, 6.45) is 5.73. The van der Waals surface area contributed by atoms with Gasteiger partial charge in [0.05, 0.1) is 0 Å². The van der Waals surface area contributed by atoms with Gasteiger partial charge in [-0.15, -0.1) is 0 Å². The number of carbonyl (C=O) groups excluding carboxylic acids is 1. The highest BCUT2D eigenvalue weighted by Gasteiger charge is 2.20. The molecule has 2 rings (SSSR count). The highest BCUT2D eigenvalue weighted by atomic mass is 16.1. The Morgan fingerprint density at radius 2 is 1.84 bits per heavy atom. The maximum Gasteiger partial charge on any atom is 0.223 e. The van der Waals surface area contributed by atoms with E-state index in [2.05, 4.69) is 51.7 Å². The van der Waals surface area contributed by atoms with Crippen LogP contribution in [0.15, 0.2) is 29.3 Å². The summed E-state index contributed by atoms with van der Waals surface area (Å²) < 4.78 is 0. The number of guanidine groups is 1. The van der Waals surface area contributed by atoms with Crippen LogP contribution in [0.25, 0.3) is 0 Å². The van der Waals surface area contributed by atoms with E-state index < -0.39 is 0 Å². The zero-order valence-electron chi connectivity index (χ0n) is 15.8. The third-order valence-corrected chi connectivity index (χ3v) is 4.93. The molecule has 5 heteroatoms. The average Bonchev–Trinajstić information content (AvgIpc) is 2.64. The van der Waals surface area contributed by atoms with Gasteiger partial charge in [-0.2, -0.15) is 0 Å². The molecule has 1 fully saturated rings. The van der Waals surface area contributed by atoms with Crippen molar-refractivity contribution in [3.63, 3.8) is 0 Å². The molecule has 2 N–H and O–H groups in total. The normalized spacial score (nSPS) is 15.7. The van der Waals surface area contributed by atoms with Gasteiger partial charge in [-0.05, 0) is 30.9 Å². The molecular formula is C20H32N4O. The van der Waals surface area contributed by atoms with Gasteiger partial charge in [0.2, 0.25) is 5.91 Å². The van der Waals surface area contributed by atoms with Gasteiger partial charge in [0, 0.05) is 39.6 Å². The number of nitrogens with zero attached hydrogens (tertiary/aromatic N) is 2. The molecule has 25 heavy (non-hydrogen) atoms. The minimum atomic E-state index is 0.213. The number of aliphatic imine (C=N–C) groups is 1. The zero-order valence-corrected chi connectivity index (χ0v) is 15.8. The molecule has 1 aliphatic rings. The minimum Gasteiger partial charge on any atom is -0.354 e. The van der Waals surface area contributed by atoms with Crippen molar-refractivity contribution in [2.24, 2.45) is 10.9 Å². The van der Waals surface area contributed by atoms with E-state index in [-0.39, 0.29) is 11.8 Å². The first-order valence-electron chi connectivity index (χ1n) is 9.36.